The lowest BCUT2D eigenvalue weighted by Gasteiger charge is -2.25. The summed E-state index contributed by atoms with van der Waals surface area (Å²) in [5.74, 6) is -0.0826. The van der Waals surface area contributed by atoms with E-state index < -0.39 is 0 Å². The third kappa shape index (κ3) is 4.89. The van der Waals surface area contributed by atoms with Gasteiger partial charge < -0.3 is 15.0 Å². The van der Waals surface area contributed by atoms with E-state index in [-0.39, 0.29) is 17.9 Å². The number of ether oxygens (including phenoxy) is 1. The molecule has 3 rings (SSSR count). The van der Waals surface area contributed by atoms with Crippen LogP contribution in [0.2, 0.25) is 0 Å². The fraction of sp³-hybridized carbons (Fsp3) is 0.750. The van der Waals surface area contributed by atoms with Crippen LogP contribution in [0.4, 0.5) is 0 Å². The molecule has 0 saturated carbocycles. The molecule has 1 fully saturated rings. The van der Waals surface area contributed by atoms with Crippen LogP contribution in [0, 0.1) is 0 Å². The molecule has 7 heteroatoms. The molecule has 0 radical (unpaired) electrons. The lowest BCUT2D eigenvalue weighted by Crippen LogP contribution is -2.37. The van der Waals surface area contributed by atoms with Crippen molar-refractivity contribution in [2.75, 3.05) is 26.2 Å². The molecular formula is C20H32N4O3. The Morgan fingerprint density at radius 1 is 1.22 bits per heavy atom. The third-order valence-electron chi connectivity index (χ3n) is 5.62. The molecule has 7 nitrogen and oxygen atoms in total. The molecular weight excluding hydrogens is 344 g/mol. The zero-order valence-electron chi connectivity index (χ0n) is 16.6. The van der Waals surface area contributed by atoms with Gasteiger partial charge in [-0.25, -0.2) is 0 Å². The Morgan fingerprint density at radius 2 is 1.96 bits per heavy atom. The highest BCUT2D eigenvalue weighted by atomic mass is 16.5. The molecule has 150 valence electrons. The number of nitrogens with zero attached hydrogens (tertiary/aromatic N) is 3. The average Bonchev–Trinajstić information content (AvgIpc) is 2.84. The maximum absolute atomic E-state index is 13.1. The van der Waals surface area contributed by atoms with Gasteiger partial charge in [0, 0.05) is 44.0 Å². The Balaban J connectivity index is 1.64. The average molecular weight is 377 g/mol. The molecule has 1 aromatic heterocycles. The van der Waals surface area contributed by atoms with Crippen LogP contribution in [0.5, 0.6) is 0 Å². The Kier molecular flexibility index (Phi) is 6.88. The molecule has 1 N–H and O–H groups in total. The van der Waals surface area contributed by atoms with Crippen LogP contribution >= 0.6 is 0 Å². The Labute approximate surface area is 161 Å². The molecule has 1 atom stereocenters. The number of hydrogen-bond donors (Lipinski definition) is 1. The smallest absolute Gasteiger partial charge is 0.307 e. The number of hydrogen-bond acceptors (Lipinski definition) is 5. The number of aryl methyl sites for hydroxylation is 1. The SMILES string of the molecule is CCOC(=O)CCNC1CCc2c(c(C(=O)N3CCCCCC3)nn2C)C1. The van der Waals surface area contributed by atoms with Gasteiger partial charge >= 0.3 is 5.97 Å². The highest BCUT2D eigenvalue weighted by Gasteiger charge is 2.30. The van der Waals surface area contributed by atoms with Crippen molar-refractivity contribution in [3.05, 3.63) is 17.0 Å². The largest absolute Gasteiger partial charge is 0.466 e. The zero-order chi connectivity index (χ0) is 19.2. The molecule has 2 aliphatic rings. The van der Waals surface area contributed by atoms with E-state index in [0.717, 1.165) is 50.8 Å². The van der Waals surface area contributed by atoms with Gasteiger partial charge in [0.05, 0.1) is 13.0 Å². The number of carbonyl (C=O) groups excluding carboxylic acids is 2. The molecule has 0 aromatic carbocycles. The first kappa shape index (κ1) is 19.9. The number of likely N-dealkylation sites (tertiary alicyclic amines) is 1. The second-order valence-electron chi connectivity index (χ2n) is 7.55. The maximum atomic E-state index is 13.1. The van der Waals surface area contributed by atoms with Crippen molar-refractivity contribution in [2.24, 2.45) is 7.05 Å². The minimum atomic E-state index is -0.167. The van der Waals surface area contributed by atoms with Crippen LogP contribution in [-0.2, 0) is 29.4 Å². The summed E-state index contributed by atoms with van der Waals surface area (Å²) in [5.41, 5.74) is 2.90. The van der Waals surface area contributed by atoms with Crippen molar-refractivity contribution in [1.29, 1.82) is 0 Å². The fourth-order valence-corrected chi connectivity index (χ4v) is 4.17. The van der Waals surface area contributed by atoms with Crippen molar-refractivity contribution in [3.8, 4) is 0 Å². The van der Waals surface area contributed by atoms with Crippen molar-refractivity contribution in [2.45, 2.75) is 64.3 Å². The van der Waals surface area contributed by atoms with Gasteiger partial charge in [0.15, 0.2) is 5.69 Å². The van der Waals surface area contributed by atoms with Crippen molar-refractivity contribution in [1.82, 2.24) is 20.0 Å². The van der Waals surface area contributed by atoms with Gasteiger partial charge in [0.25, 0.3) is 5.91 Å². The van der Waals surface area contributed by atoms with E-state index in [4.69, 9.17) is 4.74 Å². The first-order valence-electron chi connectivity index (χ1n) is 10.3. The molecule has 1 aliphatic heterocycles. The summed E-state index contributed by atoms with van der Waals surface area (Å²) < 4.78 is 6.86. The van der Waals surface area contributed by atoms with E-state index in [0.29, 0.717) is 25.3 Å². The van der Waals surface area contributed by atoms with E-state index in [9.17, 15) is 9.59 Å². The van der Waals surface area contributed by atoms with Crippen molar-refractivity contribution < 1.29 is 14.3 Å². The number of carbonyl (C=O) groups is 2. The topological polar surface area (TPSA) is 76.5 Å². The molecule has 1 aliphatic carbocycles. The van der Waals surface area contributed by atoms with Gasteiger partial charge in [-0.1, -0.05) is 12.8 Å². The van der Waals surface area contributed by atoms with Gasteiger partial charge in [0.2, 0.25) is 0 Å². The summed E-state index contributed by atoms with van der Waals surface area (Å²) in [4.78, 5) is 26.6. The monoisotopic (exact) mass is 376 g/mol. The molecule has 1 saturated heterocycles. The van der Waals surface area contributed by atoms with E-state index in [1.807, 2.05) is 23.6 Å². The highest BCUT2D eigenvalue weighted by molar-refractivity contribution is 5.94. The van der Waals surface area contributed by atoms with E-state index in [2.05, 4.69) is 10.4 Å². The van der Waals surface area contributed by atoms with Crippen molar-refractivity contribution >= 4 is 11.9 Å². The second kappa shape index (κ2) is 9.35. The van der Waals surface area contributed by atoms with Gasteiger partial charge in [-0.05, 0) is 39.0 Å². The predicted octanol–water partition coefficient (Wildman–Crippen LogP) is 1.84. The number of fused-ring (bicyclic) bond motifs is 1. The predicted molar refractivity (Wildman–Crippen MR) is 103 cm³/mol. The standard InChI is InChI=1S/C20H32N4O3/c1-3-27-18(25)10-11-21-15-8-9-17-16(14-15)19(22-23(17)2)20(26)24-12-6-4-5-7-13-24/h15,21H,3-14H2,1-2H3. The molecule has 0 spiro atoms. The highest BCUT2D eigenvalue weighted by Crippen LogP contribution is 2.26. The van der Waals surface area contributed by atoms with Gasteiger partial charge in [-0.2, -0.15) is 5.10 Å². The first-order valence-corrected chi connectivity index (χ1v) is 10.3. The number of amides is 1. The summed E-state index contributed by atoms with van der Waals surface area (Å²) in [5, 5.41) is 8.04. The summed E-state index contributed by atoms with van der Waals surface area (Å²) in [7, 11) is 1.94. The fourth-order valence-electron chi connectivity index (χ4n) is 4.17. The Bertz CT molecular complexity index is 662. The lowest BCUT2D eigenvalue weighted by atomic mass is 9.91. The number of aromatic nitrogens is 2. The molecule has 0 bridgehead atoms. The van der Waals surface area contributed by atoms with Crippen LogP contribution in [0.25, 0.3) is 0 Å². The minimum Gasteiger partial charge on any atom is -0.466 e. The summed E-state index contributed by atoms with van der Waals surface area (Å²) in [6.45, 7) is 4.52. The Morgan fingerprint density at radius 3 is 2.67 bits per heavy atom. The summed E-state index contributed by atoms with van der Waals surface area (Å²) in [6.07, 6.45) is 7.64. The van der Waals surface area contributed by atoms with E-state index in [1.54, 1.807) is 0 Å². The molecule has 1 aromatic rings. The second-order valence-corrected chi connectivity index (χ2v) is 7.55. The summed E-state index contributed by atoms with van der Waals surface area (Å²) >= 11 is 0. The van der Waals surface area contributed by atoms with E-state index >= 15 is 0 Å². The maximum Gasteiger partial charge on any atom is 0.307 e. The number of rotatable bonds is 6. The third-order valence-corrected chi connectivity index (χ3v) is 5.62. The normalized spacial score (nSPS) is 20.1. The zero-order valence-corrected chi connectivity index (χ0v) is 16.6. The quantitative estimate of drug-likeness (QED) is 0.767. The van der Waals surface area contributed by atoms with Gasteiger partial charge in [-0.3, -0.25) is 14.3 Å². The lowest BCUT2D eigenvalue weighted by molar-refractivity contribution is -0.143. The van der Waals surface area contributed by atoms with Crippen LogP contribution in [-0.4, -0.2) is 58.8 Å². The molecule has 2 heterocycles. The van der Waals surface area contributed by atoms with Gasteiger partial charge in [-0.15, -0.1) is 0 Å². The van der Waals surface area contributed by atoms with E-state index in [1.165, 1.54) is 18.5 Å². The number of esters is 1. The number of nitrogens with one attached hydrogen (secondary N) is 1. The van der Waals surface area contributed by atoms with Crippen LogP contribution in [0.1, 0.15) is 67.2 Å². The Hall–Kier alpha value is -1.89. The van der Waals surface area contributed by atoms with Crippen molar-refractivity contribution in [3.63, 3.8) is 0 Å². The molecule has 1 unspecified atom stereocenters. The minimum absolute atomic E-state index is 0.0842. The summed E-state index contributed by atoms with van der Waals surface area (Å²) in [6, 6.07) is 0.270. The van der Waals surface area contributed by atoms with Crippen LogP contribution in [0.3, 0.4) is 0 Å². The first-order chi connectivity index (χ1) is 13.1. The van der Waals surface area contributed by atoms with Gasteiger partial charge in [0.1, 0.15) is 0 Å². The molecule has 27 heavy (non-hydrogen) atoms. The molecule has 1 amide bonds. The van der Waals surface area contributed by atoms with Crippen LogP contribution < -0.4 is 5.32 Å². The van der Waals surface area contributed by atoms with Crippen LogP contribution in [0.15, 0.2) is 0 Å².